The van der Waals surface area contributed by atoms with Gasteiger partial charge in [-0.05, 0) is 23.5 Å². The summed E-state index contributed by atoms with van der Waals surface area (Å²) in [5, 5.41) is 9.09. The molecule has 134 valence electrons. The molecular formula is C20H26N2O3. The van der Waals surface area contributed by atoms with Crippen LogP contribution in [-0.4, -0.2) is 27.4 Å². The summed E-state index contributed by atoms with van der Waals surface area (Å²) >= 11 is 0. The molecular weight excluding hydrogens is 316 g/mol. The van der Waals surface area contributed by atoms with E-state index in [0.29, 0.717) is 25.4 Å². The summed E-state index contributed by atoms with van der Waals surface area (Å²) in [4.78, 5) is 19.0. The number of rotatable bonds is 6. The molecule has 1 amide bonds. The molecule has 2 aromatic rings. The zero-order valence-corrected chi connectivity index (χ0v) is 15.0. The van der Waals surface area contributed by atoms with Crippen molar-refractivity contribution in [2.75, 3.05) is 6.54 Å². The fourth-order valence-electron chi connectivity index (χ4n) is 3.03. The van der Waals surface area contributed by atoms with Crippen LogP contribution in [0.25, 0.3) is 0 Å². The van der Waals surface area contributed by atoms with Gasteiger partial charge < -0.3 is 14.4 Å². The second-order valence-corrected chi connectivity index (χ2v) is 7.13. The summed E-state index contributed by atoms with van der Waals surface area (Å²) in [5.74, 6) is 2.47. The number of aliphatic hydroxyl groups excluding tert-OH is 1. The number of hydrogen-bond donors (Lipinski definition) is 1. The van der Waals surface area contributed by atoms with Crippen LogP contribution in [0.5, 0.6) is 0 Å². The normalized spacial score (nSPS) is 14.0. The van der Waals surface area contributed by atoms with Crippen LogP contribution in [0.2, 0.25) is 0 Å². The molecule has 1 aliphatic rings. The molecule has 25 heavy (non-hydrogen) atoms. The van der Waals surface area contributed by atoms with Gasteiger partial charge in [0, 0.05) is 19.4 Å². The second kappa shape index (κ2) is 7.83. The molecule has 1 aromatic heterocycles. The number of hydrogen-bond acceptors (Lipinski definition) is 4. The summed E-state index contributed by atoms with van der Waals surface area (Å²) < 4.78 is 5.86. The van der Waals surface area contributed by atoms with E-state index in [4.69, 9.17) is 9.52 Å². The molecule has 3 rings (SSSR count). The van der Waals surface area contributed by atoms with Gasteiger partial charge in [-0.3, -0.25) is 4.79 Å². The molecule has 0 bridgehead atoms. The summed E-state index contributed by atoms with van der Waals surface area (Å²) in [5.41, 5.74) is 2.73. The van der Waals surface area contributed by atoms with Crippen molar-refractivity contribution in [2.24, 2.45) is 5.92 Å². The minimum atomic E-state index is 0.0223. The smallest absolute Gasteiger partial charge is 0.227 e. The van der Waals surface area contributed by atoms with Crippen LogP contribution in [0.15, 0.2) is 28.7 Å². The SMILES string of the molecule is CC(C)CCc1nc2c(o1)CCN(C(=O)Cc1ccc(CO)cc1)C2. The van der Waals surface area contributed by atoms with E-state index in [9.17, 15) is 4.79 Å². The Hall–Kier alpha value is -2.14. The molecule has 1 aliphatic heterocycles. The third-order valence-corrected chi connectivity index (χ3v) is 4.62. The molecule has 0 radical (unpaired) electrons. The fraction of sp³-hybridized carbons (Fsp3) is 0.500. The number of amides is 1. The Bertz CT molecular complexity index is 719. The topological polar surface area (TPSA) is 66.6 Å². The van der Waals surface area contributed by atoms with Crippen LogP contribution in [0.1, 0.15) is 48.7 Å². The van der Waals surface area contributed by atoms with Gasteiger partial charge in [-0.25, -0.2) is 4.98 Å². The number of nitrogens with zero attached hydrogens (tertiary/aromatic N) is 2. The van der Waals surface area contributed by atoms with E-state index in [-0.39, 0.29) is 12.5 Å². The lowest BCUT2D eigenvalue weighted by atomic mass is 10.1. The Kier molecular flexibility index (Phi) is 5.53. The zero-order chi connectivity index (χ0) is 17.8. The summed E-state index contributed by atoms with van der Waals surface area (Å²) in [7, 11) is 0. The number of oxazole rings is 1. The summed E-state index contributed by atoms with van der Waals surface area (Å²) in [6.45, 7) is 5.62. The number of fused-ring (bicyclic) bond motifs is 1. The molecule has 1 aromatic carbocycles. The lowest BCUT2D eigenvalue weighted by Gasteiger charge is -2.25. The molecule has 0 saturated heterocycles. The van der Waals surface area contributed by atoms with E-state index in [0.717, 1.165) is 47.7 Å². The van der Waals surface area contributed by atoms with Crippen molar-refractivity contribution in [1.82, 2.24) is 9.88 Å². The first kappa shape index (κ1) is 17.7. The summed E-state index contributed by atoms with van der Waals surface area (Å²) in [6, 6.07) is 7.52. The largest absolute Gasteiger partial charge is 0.445 e. The maximum Gasteiger partial charge on any atom is 0.227 e. The highest BCUT2D eigenvalue weighted by atomic mass is 16.4. The second-order valence-electron chi connectivity index (χ2n) is 7.13. The van der Waals surface area contributed by atoms with E-state index in [1.54, 1.807) is 0 Å². The number of aromatic nitrogens is 1. The Morgan fingerprint density at radius 2 is 2.00 bits per heavy atom. The molecule has 5 nitrogen and oxygen atoms in total. The first-order valence-corrected chi connectivity index (χ1v) is 8.99. The predicted molar refractivity (Wildman–Crippen MR) is 94.9 cm³/mol. The van der Waals surface area contributed by atoms with Crippen LogP contribution in [0, 0.1) is 5.92 Å². The van der Waals surface area contributed by atoms with Crippen LogP contribution >= 0.6 is 0 Å². The van der Waals surface area contributed by atoms with E-state index < -0.39 is 0 Å². The highest BCUT2D eigenvalue weighted by molar-refractivity contribution is 5.79. The van der Waals surface area contributed by atoms with Gasteiger partial charge in [-0.2, -0.15) is 0 Å². The lowest BCUT2D eigenvalue weighted by molar-refractivity contribution is -0.131. The summed E-state index contributed by atoms with van der Waals surface area (Å²) in [6.07, 6.45) is 3.03. The molecule has 0 spiro atoms. The lowest BCUT2D eigenvalue weighted by Crippen LogP contribution is -2.36. The van der Waals surface area contributed by atoms with Gasteiger partial charge in [0.05, 0.1) is 19.6 Å². The first-order chi connectivity index (χ1) is 12.0. The third kappa shape index (κ3) is 4.48. The Morgan fingerprint density at radius 3 is 2.68 bits per heavy atom. The fourth-order valence-corrected chi connectivity index (χ4v) is 3.03. The minimum Gasteiger partial charge on any atom is -0.445 e. The first-order valence-electron chi connectivity index (χ1n) is 8.99. The number of benzene rings is 1. The third-order valence-electron chi connectivity index (χ3n) is 4.62. The maximum atomic E-state index is 12.6. The van der Waals surface area contributed by atoms with Gasteiger partial charge in [0.25, 0.3) is 0 Å². The van der Waals surface area contributed by atoms with Crippen molar-refractivity contribution in [2.45, 2.75) is 52.7 Å². The molecule has 2 heterocycles. The van der Waals surface area contributed by atoms with Gasteiger partial charge in [0.2, 0.25) is 5.91 Å². The van der Waals surface area contributed by atoms with Crippen molar-refractivity contribution in [3.63, 3.8) is 0 Å². The highest BCUT2D eigenvalue weighted by Gasteiger charge is 2.25. The Morgan fingerprint density at radius 1 is 1.28 bits per heavy atom. The van der Waals surface area contributed by atoms with Crippen molar-refractivity contribution in [1.29, 1.82) is 0 Å². The van der Waals surface area contributed by atoms with E-state index in [1.807, 2.05) is 29.2 Å². The molecule has 0 saturated carbocycles. The van der Waals surface area contributed by atoms with Gasteiger partial charge in [-0.1, -0.05) is 38.1 Å². The average molecular weight is 342 g/mol. The van der Waals surface area contributed by atoms with E-state index >= 15 is 0 Å². The number of carbonyl (C=O) groups excluding carboxylic acids is 1. The molecule has 0 aliphatic carbocycles. The van der Waals surface area contributed by atoms with Crippen LogP contribution in [0.4, 0.5) is 0 Å². The van der Waals surface area contributed by atoms with Gasteiger partial charge in [-0.15, -0.1) is 0 Å². The maximum absolute atomic E-state index is 12.6. The molecule has 0 fully saturated rings. The minimum absolute atomic E-state index is 0.0223. The Balaban J connectivity index is 1.60. The van der Waals surface area contributed by atoms with E-state index in [2.05, 4.69) is 18.8 Å². The molecule has 0 unspecified atom stereocenters. The van der Waals surface area contributed by atoms with Crippen LogP contribution < -0.4 is 0 Å². The van der Waals surface area contributed by atoms with Gasteiger partial charge in [0.1, 0.15) is 11.5 Å². The quantitative estimate of drug-likeness (QED) is 0.876. The predicted octanol–water partition coefficient (Wildman–Crippen LogP) is 2.88. The molecule has 5 heteroatoms. The van der Waals surface area contributed by atoms with Crippen molar-refractivity contribution in [3.05, 3.63) is 52.7 Å². The number of aryl methyl sites for hydroxylation is 1. The standard InChI is InChI=1S/C20H26N2O3/c1-14(2)3-8-19-21-17-12-22(10-9-18(17)25-19)20(24)11-15-4-6-16(13-23)7-5-15/h4-7,14,23H,3,8-13H2,1-2H3. The van der Waals surface area contributed by atoms with E-state index in [1.165, 1.54) is 0 Å². The average Bonchev–Trinajstić information content (AvgIpc) is 3.02. The van der Waals surface area contributed by atoms with Gasteiger partial charge >= 0.3 is 0 Å². The van der Waals surface area contributed by atoms with Crippen molar-refractivity contribution < 1.29 is 14.3 Å². The molecule has 0 atom stereocenters. The number of aliphatic hydroxyl groups is 1. The van der Waals surface area contributed by atoms with Crippen molar-refractivity contribution in [3.8, 4) is 0 Å². The highest BCUT2D eigenvalue weighted by Crippen LogP contribution is 2.22. The van der Waals surface area contributed by atoms with Gasteiger partial charge in [0.15, 0.2) is 5.89 Å². The van der Waals surface area contributed by atoms with Crippen molar-refractivity contribution >= 4 is 5.91 Å². The van der Waals surface area contributed by atoms with Crippen LogP contribution in [-0.2, 0) is 37.2 Å². The number of carbonyl (C=O) groups is 1. The van der Waals surface area contributed by atoms with Crippen LogP contribution in [0.3, 0.4) is 0 Å². The zero-order valence-electron chi connectivity index (χ0n) is 15.0. The monoisotopic (exact) mass is 342 g/mol. The Labute approximate surface area is 148 Å². The molecule has 1 N–H and O–H groups in total.